The fourth-order valence-corrected chi connectivity index (χ4v) is 2.81. The van der Waals surface area contributed by atoms with E-state index in [4.69, 9.17) is 0 Å². The Labute approximate surface area is 89.8 Å². The molecule has 1 saturated carbocycles. The van der Waals surface area contributed by atoms with Gasteiger partial charge in [-0.25, -0.2) is 4.98 Å². The number of hydrogen-bond donors (Lipinski definition) is 1. The first-order chi connectivity index (χ1) is 6.81. The van der Waals surface area contributed by atoms with E-state index in [1.54, 1.807) is 11.3 Å². The van der Waals surface area contributed by atoms with Crippen LogP contribution < -0.4 is 5.32 Å². The Morgan fingerprint density at radius 2 is 2.43 bits per heavy atom. The molecule has 14 heavy (non-hydrogen) atoms. The fraction of sp³-hybridized carbons (Fsp3) is 0.727. The third-order valence-corrected chi connectivity index (χ3v) is 4.05. The second-order valence-corrected chi connectivity index (χ2v) is 5.05. The van der Waals surface area contributed by atoms with E-state index in [1.807, 2.05) is 5.51 Å². The van der Waals surface area contributed by atoms with Gasteiger partial charge in [0.25, 0.3) is 0 Å². The highest BCUT2D eigenvalue weighted by atomic mass is 32.1. The highest BCUT2D eigenvalue weighted by Gasteiger charge is 2.23. The predicted octanol–water partition coefficient (Wildman–Crippen LogP) is 2.90. The minimum Gasteiger partial charge on any atom is -0.312 e. The molecule has 1 aliphatic carbocycles. The van der Waals surface area contributed by atoms with Crippen LogP contribution in [0.15, 0.2) is 5.51 Å². The summed E-state index contributed by atoms with van der Waals surface area (Å²) in [6, 6.07) is 0.531. The van der Waals surface area contributed by atoms with Gasteiger partial charge < -0.3 is 5.32 Å². The Hall–Kier alpha value is -0.410. The summed E-state index contributed by atoms with van der Waals surface area (Å²) in [6.07, 6.45) is 5.56. The Kier molecular flexibility index (Phi) is 3.19. The third-order valence-electron chi connectivity index (χ3n) is 3.01. The van der Waals surface area contributed by atoms with E-state index in [2.05, 4.69) is 24.3 Å². The molecule has 0 saturated heterocycles. The maximum atomic E-state index is 4.31. The van der Waals surface area contributed by atoms with Gasteiger partial charge in [0, 0.05) is 10.9 Å². The number of aromatic nitrogens is 1. The van der Waals surface area contributed by atoms with Crippen LogP contribution in [0, 0.1) is 12.8 Å². The summed E-state index contributed by atoms with van der Waals surface area (Å²) in [5.41, 5.74) is 3.15. The van der Waals surface area contributed by atoms with E-state index < -0.39 is 0 Å². The molecule has 1 fully saturated rings. The molecule has 1 atom stereocenters. The molecule has 2 rings (SSSR count). The summed E-state index contributed by atoms with van der Waals surface area (Å²) < 4.78 is 0. The number of thiazole rings is 1. The summed E-state index contributed by atoms with van der Waals surface area (Å²) in [7, 11) is 2.05. The van der Waals surface area contributed by atoms with Crippen LogP contribution in [0.25, 0.3) is 0 Å². The van der Waals surface area contributed by atoms with Crippen LogP contribution >= 0.6 is 11.3 Å². The van der Waals surface area contributed by atoms with Crippen LogP contribution in [-0.4, -0.2) is 12.0 Å². The van der Waals surface area contributed by atoms with Gasteiger partial charge in [-0.15, -0.1) is 11.3 Å². The molecule has 2 nitrogen and oxygen atoms in total. The number of aryl methyl sites for hydroxylation is 1. The smallest absolute Gasteiger partial charge is 0.0798 e. The van der Waals surface area contributed by atoms with E-state index in [0.29, 0.717) is 6.04 Å². The lowest BCUT2D eigenvalue weighted by Crippen LogP contribution is -2.16. The maximum absolute atomic E-state index is 4.31. The van der Waals surface area contributed by atoms with Gasteiger partial charge in [-0.2, -0.15) is 0 Å². The third kappa shape index (κ3) is 2.34. The molecule has 0 radical (unpaired) electrons. The van der Waals surface area contributed by atoms with Crippen molar-refractivity contribution < 1.29 is 0 Å². The van der Waals surface area contributed by atoms with Crippen molar-refractivity contribution in [2.24, 2.45) is 5.92 Å². The monoisotopic (exact) mass is 210 g/mol. The summed E-state index contributed by atoms with van der Waals surface area (Å²) >= 11 is 1.78. The van der Waals surface area contributed by atoms with Gasteiger partial charge in [-0.3, -0.25) is 0 Å². The molecule has 1 aliphatic rings. The normalized spacial score (nSPS) is 18.4. The van der Waals surface area contributed by atoms with Gasteiger partial charge >= 0.3 is 0 Å². The number of nitrogens with one attached hydrogen (secondary N) is 1. The Morgan fingerprint density at radius 1 is 1.64 bits per heavy atom. The second-order valence-electron chi connectivity index (χ2n) is 4.16. The number of nitrogens with zero attached hydrogens (tertiary/aromatic N) is 1. The average molecular weight is 210 g/mol. The lowest BCUT2D eigenvalue weighted by molar-refractivity contribution is 0.510. The summed E-state index contributed by atoms with van der Waals surface area (Å²) in [4.78, 5) is 5.73. The molecule has 1 unspecified atom stereocenters. The van der Waals surface area contributed by atoms with E-state index in [0.717, 1.165) is 5.92 Å². The molecule has 78 valence electrons. The molecule has 1 heterocycles. The predicted molar refractivity (Wildman–Crippen MR) is 60.6 cm³/mol. The number of rotatable bonds is 5. The maximum Gasteiger partial charge on any atom is 0.0798 e. The molecule has 1 aromatic rings. The van der Waals surface area contributed by atoms with Crippen LogP contribution in [0.2, 0.25) is 0 Å². The van der Waals surface area contributed by atoms with Crippen molar-refractivity contribution in [3.8, 4) is 0 Å². The molecule has 1 N–H and O–H groups in total. The van der Waals surface area contributed by atoms with Gasteiger partial charge in [-0.1, -0.05) is 12.8 Å². The van der Waals surface area contributed by atoms with Crippen molar-refractivity contribution >= 4 is 11.3 Å². The van der Waals surface area contributed by atoms with Crippen LogP contribution in [-0.2, 0) is 0 Å². The van der Waals surface area contributed by atoms with Crippen LogP contribution in [0.5, 0.6) is 0 Å². The molecule has 3 heteroatoms. The zero-order valence-electron chi connectivity index (χ0n) is 8.92. The van der Waals surface area contributed by atoms with Crippen molar-refractivity contribution in [3.05, 3.63) is 16.1 Å². The van der Waals surface area contributed by atoms with Crippen molar-refractivity contribution in [1.29, 1.82) is 0 Å². The average Bonchev–Trinajstić information content (AvgIpc) is 2.92. The first kappa shape index (κ1) is 10.1. The molecule has 1 aromatic heterocycles. The van der Waals surface area contributed by atoms with E-state index >= 15 is 0 Å². The molecule has 0 amide bonds. The lowest BCUT2D eigenvalue weighted by atomic mass is 10.1. The minimum atomic E-state index is 0.531. The molecule has 0 bridgehead atoms. The summed E-state index contributed by atoms with van der Waals surface area (Å²) in [5, 5.41) is 3.40. The number of hydrogen-bond acceptors (Lipinski definition) is 3. The zero-order chi connectivity index (χ0) is 9.97. The van der Waals surface area contributed by atoms with Crippen LogP contribution in [0.4, 0.5) is 0 Å². The van der Waals surface area contributed by atoms with E-state index in [-0.39, 0.29) is 0 Å². The topological polar surface area (TPSA) is 24.9 Å². The highest BCUT2D eigenvalue weighted by Crippen LogP contribution is 2.36. The summed E-state index contributed by atoms with van der Waals surface area (Å²) in [5.74, 6) is 1.03. The van der Waals surface area contributed by atoms with E-state index in [1.165, 1.54) is 36.3 Å². The lowest BCUT2D eigenvalue weighted by Gasteiger charge is -2.14. The largest absolute Gasteiger partial charge is 0.312 e. The van der Waals surface area contributed by atoms with E-state index in [9.17, 15) is 0 Å². The van der Waals surface area contributed by atoms with Crippen molar-refractivity contribution in [2.75, 3.05) is 7.05 Å². The first-order valence-electron chi connectivity index (χ1n) is 5.38. The Bertz CT molecular complexity index is 291. The minimum absolute atomic E-state index is 0.531. The highest BCUT2D eigenvalue weighted by molar-refractivity contribution is 7.09. The van der Waals surface area contributed by atoms with Crippen molar-refractivity contribution in [2.45, 2.75) is 38.6 Å². The van der Waals surface area contributed by atoms with Crippen molar-refractivity contribution in [1.82, 2.24) is 10.3 Å². The quantitative estimate of drug-likeness (QED) is 0.808. The van der Waals surface area contributed by atoms with Gasteiger partial charge in [0.1, 0.15) is 0 Å². The Morgan fingerprint density at radius 3 is 2.93 bits per heavy atom. The van der Waals surface area contributed by atoms with Gasteiger partial charge in [0.05, 0.1) is 11.2 Å². The van der Waals surface area contributed by atoms with Gasteiger partial charge in [0.2, 0.25) is 0 Å². The molecule has 0 spiro atoms. The standard InChI is InChI=1S/C11H18N2S/c1-8-11(14-7-13-8)10(12-2)6-5-9-3-4-9/h7,9-10,12H,3-6H2,1-2H3. The molecular weight excluding hydrogens is 192 g/mol. The zero-order valence-corrected chi connectivity index (χ0v) is 9.73. The second kappa shape index (κ2) is 4.41. The summed E-state index contributed by atoms with van der Waals surface area (Å²) in [6.45, 7) is 2.10. The molecule has 0 aliphatic heterocycles. The van der Waals surface area contributed by atoms with Crippen LogP contribution in [0.1, 0.15) is 42.3 Å². The molecular formula is C11H18N2S. The van der Waals surface area contributed by atoms with Crippen molar-refractivity contribution in [3.63, 3.8) is 0 Å². The van der Waals surface area contributed by atoms with Gasteiger partial charge in [-0.05, 0) is 32.7 Å². The van der Waals surface area contributed by atoms with Gasteiger partial charge in [0.15, 0.2) is 0 Å². The SMILES string of the molecule is CNC(CCC1CC1)c1scnc1C. The molecule has 0 aromatic carbocycles. The Balaban J connectivity index is 1.93. The first-order valence-corrected chi connectivity index (χ1v) is 6.26. The van der Waals surface area contributed by atoms with Crippen LogP contribution in [0.3, 0.4) is 0 Å². The fourth-order valence-electron chi connectivity index (χ4n) is 1.86.